The quantitative estimate of drug-likeness (QED) is 0.488. The van der Waals surface area contributed by atoms with Gasteiger partial charge in [0.15, 0.2) is 5.78 Å². The SMILES string of the molecule is O=C1CCc2c1ccc1c2c2cc(-c3ncco3)ccc2n1CCCN1CC(F)C1. The zero-order valence-electron chi connectivity index (χ0n) is 16.6. The zero-order valence-corrected chi connectivity index (χ0v) is 16.6. The van der Waals surface area contributed by atoms with Crippen LogP contribution >= 0.6 is 0 Å². The lowest BCUT2D eigenvalue weighted by atomic mass is 10.0. The number of aromatic nitrogens is 2. The summed E-state index contributed by atoms with van der Waals surface area (Å²) in [7, 11) is 0. The molecule has 0 bridgehead atoms. The van der Waals surface area contributed by atoms with E-state index in [1.807, 2.05) is 12.1 Å². The topological polar surface area (TPSA) is 51.3 Å². The fraction of sp³-hybridized carbons (Fsp3) is 0.333. The Bertz CT molecular complexity index is 1270. The number of ketones is 1. The van der Waals surface area contributed by atoms with Gasteiger partial charge >= 0.3 is 0 Å². The van der Waals surface area contributed by atoms with Crippen molar-refractivity contribution in [3.63, 3.8) is 0 Å². The largest absolute Gasteiger partial charge is 0.445 e. The molecule has 0 N–H and O–H groups in total. The van der Waals surface area contributed by atoms with Gasteiger partial charge in [-0.1, -0.05) is 0 Å². The first-order valence-electron chi connectivity index (χ1n) is 10.6. The fourth-order valence-corrected chi connectivity index (χ4v) is 5.04. The van der Waals surface area contributed by atoms with E-state index in [0.717, 1.165) is 59.0 Å². The molecule has 3 heterocycles. The number of nitrogens with zero attached hydrogens (tertiary/aromatic N) is 3. The number of hydrogen-bond donors (Lipinski definition) is 0. The van der Waals surface area contributed by atoms with E-state index in [2.05, 4.69) is 32.7 Å². The number of hydrogen-bond acceptors (Lipinski definition) is 4. The molecule has 0 unspecified atom stereocenters. The number of likely N-dealkylation sites (tertiary alicyclic amines) is 1. The molecule has 4 aromatic rings. The van der Waals surface area contributed by atoms with Crippen LogP contribution in [0.15, 0.2) is 47.2 Å². The van der Waals surface area contributed by atoms with E-state index in [-0.39, 0.29) is 5.78 Å². The smallest absolute Gasteiger partial charge is 0.225 e. The normalized spacial score (nSPS) is 17.2. The summed E-state index contributed by atoms with van der Waals surface area (Å²) < 4.78 is 21.0. The minimum Gasteiger partial charge on any atom is -0.445 e. The Morgan fingerprint density at radius 2 is 1.97 bits per heavy atom. The minimum absolute atomic E-state index is 0.232. The van der Waals surface area contributed by atoms with E-state index in [0.29, 0.717) is 25.4 Å². The molecule has 2 aromatic heterocycles. The third kappa shape index (κ3) is 2.70. The van der Waals surface area contributed by atoms with E-state index in [4.69, 9.17) is 4.42 Å². The molecule has 1 aliphatic heterocycles. The molecule has 1 aliphatic carbocycles. The van der Waals surface area contributed by atoms with E-state index < -0.39 is 6.17 Å². The highest BCUT2D eigenvalue weighted by Crippen LogP contribution is 2.38. The van der Waals surface area contributed by atoms with Crippen LogP contribution in [0.25, 0.3) is 33.3 Å². The molecular formula is C24H22FN3O2. The zero-order chi connectivity index (χ0) is 20.2. The average Bonchev–Trinajstić information content (AvgIpc) is 3.45. The first-order valence-corrected chi connectivity index (χ1v) is 10.6. The van der Waals surface area contributed by atoms with Crippen molar-refractivity contribution in [3.8, 4) is 11.5 Å². The lowest BCUT2D eigenvalue weighted by molar-refractivity contribution is 0.0640. The van der Waals surface area contributed by atoms with E-state index in [1.54, 1.807) is 12.5 Å². The number of alkyl halides is 1. The summed E-state index contributed by atoms with van der Waals surface area (Å²) in [5, 5.41) is 2.31. The number of halogens is 1. The molecule has 0 amide bonds. The minimum atomic E-state index is -0.660. The third-order valence-electron chi connectivity index (χ3n) is 6.49. The van der Waals surface area contributed by atoms with Crippen LogP contribution in [0.4, 0.5) is 4.39 Å². The van der Waals surface area contributed by atoms with Gasteiger partial charge in [0.2, 0.25) is 5.89 Å². The summed E-state index contributed by atoms with van der Waals surface area (Å²) >= 11 is 0. The standard InChI is InChI=1S/C24H22FN3O2/c25-16-13-27(14-16)9-1-10-28-20-5-2-15(24-26-8-11-30-24)12-19(20)23-18-4-7-22(29)17(18)3-6-21(23)28/h2-3,5-6,8,11-12,16H,1,4,7,9-10,13-14H2. The van der Waals surface area contributed by atoms with Gasteiger partial charge in [-0.05, 0) is 48.7 Å². The van der Waals surface area contributed by atoms with Crippen molar-refractivity contribution < 1.29 is 13.6 Å². The van der Waals surface area contributed by atoms with Crippen LogP contribution in [-0.4, -0.2) is 46.0 Å². The molecule has 1 fully saturated rings. The molecular weight excluding hydrogens is 381 g/mol. The van der Waals surface area contributed by atoms with Gasteiger partial charge in [0.1, 0.15) is 12.4 Å². The monoisotopic (exact) mass is 403 g/mol. The Kier molecular flexibility index (Phi) is 4.03. The van der Waals surface area contributed by atoms with Crippen molar-refractivity contribution >= 4 is 27.6 Å². The van der Waals surface area contributed by atoms with Crippen molar-refractivity contribution in [2.24, 2.45) is 0 Å². The number of benzene rings is 2. The second kappa shape index (κ2) is 6.77. The van der Waals surface area contributed by atoms with Gasteiger partial charge in [0.05, 0.1) is 6.20 Å². The molecule has 6 heteroatoms. The summed E-state index contributed by atoms with van der Waals surface area (Å²) in [4.78, 5) is 18.8. The summed E-state index contributed by atoms with van der Waals surface area (Å²) in [6, 6.07) is 10.4. The third-order valence-corrected chi connectivity index (χ3v) is 6.49. The Hall–Kier alpha value is -2.99. The second-order valence-corrected chi connectivity index (χ2v) is 8.34. The number of oxazole rings is 1. The lowest BCUT2D eigenvalue weighted by Gasteiger charge is -2.34. The highest BCUT2D eigenvalue weighted by Gasteiger charge is 2.27. The van der Waals surface area contributed by atoms with Gasteiger partial charge in [-0.25, -0.2) is 9.37 Å². The molecule has 30 heavy (non-hydrogen) atoms. The van der Waals surface area contributed by atoms with Crippen molar-refractivity contribution in [1.82, 2.24) is 14.5 Å². The van der Waals surface area contributed by atoms with Crippen LogP contribution < -0.4 is 0 Å². The lowest BCUT2D eigenvalue weighted by Crippen LogP contribution is -2.48. The van der Waals surface area contributed by atoms with Gasteiger partial charge in [-0.2, -0.15) is 0 Å². The van der Waals surface area contributed by atoms with Gasteiger partial charge in [0.25, 0.3) is 0 Å². The number of carbonyl (C=O) groups is 1. The molecule has 1 saturated heterocycles. The maximum Gasteiger partial charge on any atom is 0.225 e. The Morgan fingerprint density at radius 3 is 2.77 bits per heavy atom. The van der Waals surface area contributed by atoms with Crippen molar-refractivity contribution in [1.29, 1.82) is 0 Å². The summed E-state index contributed by atoms with van der Waals surface area (Å²) in [6.45, 7) is 2.88. The molecule has 0 saturated carbocycles. The van der Waals surface area contributed by atoms with E-state index in [9.17, 15) is 9.18 Å². The fourth-order valence-electron chi connectivity index (χ4n) is 5.04. The van der Waals surface area contributed by atoms with Crippen LogP contribution in [0.5, 0.6) is 0 Å². The van der Waals surface area contributed by atoms with Gasteiger partial charge < -0.3 is 8.98 Å². The molecule has 5 nitrogen and oxygen atoms in total. The molecule has 2 aliphatic rings. The van der Waals surface area contributed by atoms with Crippen LogP contribution in [0, 0.1) is 0 Å². The average molecular weight is 403 g/mol. The van der Waals surface area contributed by atoms with Crippen molar-refractivity contribution in [2.75, 3.05) is 19.6 Å². The van der Waals surface area contributed by atoms with Gasteiger partial charge in [-0.3, -0.25) is 9.69 Å². The highest BCUT2D eigenvalue weighted by molar-refractivity contribution is 6.15. The predicted molar refractivity (Wildman–Crippen MR) is 114 cm³/mol. The number of fused-ring (bicyclic) bond motifs is 5. The number of Topliss-reactive ketones (excluding diaryl/α,β-unsaturated/α-hetero) is 1. The van der Waals surface area contributed by atoms with Crippen LogP contribution in [0.3, 0.4) is 0 Å². The van der Waals surface area contributed by atoms with E-state index in [1.165, 1.54) is 5.39 Å². The van der Waals surface area contributed by atoms with E-state index >= 15 is 0 Å². The Balaban J connectivity index is 1.47. The molecule has 6 rings (SSSR count). The Labute approximate surface area is 173 Å². The first kappa shape index (κ1) is 17.8. The van der Waals surface area contributed by atoms with Crippen molar-refractivity contribution in [2.45, 2.75) is 32.0 Å². The van der Waals surface area contributed by atoms with Crippen molar-refractivity contribution in [3.05, 3.63) is 53.9 Å². The Morgan fingerprint density at radius 1 is 1.10 bits per heavy atom. The number of rotatable bonds is 5. The maximum atomic E-state index is 13.1. The van der Waals surface area contributed by atoms with Gasteiger partial charge in [-0.15, -0.1) is 0 Å². The molecule has 2 aromatic carbocycles. The molecule has 152 valence electrons. The number of carbonyl (C=O) groups excluding carboxylic acids is 1. The summed E-state index contributed by atoms with van der Waals surface area (Å²) in [6.07, 6.45) is 4.91. The maximum absolute atomic E-state index is 13.1. The van der Waals surface area contributed by atoms with Crippen LogP contribution in [-0.2, 0) is 13.0 Å². The number of aryl methyl sites for hydroxylation is 2. The molecule has 0 atom stereocenters. The van der Waals surface area contributed by atoms with Crippen LogP contribution in [0.1, 0.15) is 28.8 Å². The highest BCUT2D eigenvalue weighted by atomic mass is 19.1. The molecule has 0 spiro atoms. The van der Waals surface area contributed by atoms with Gasteiger partial charge in [0, 0.05) is 65.5 Å². The summed E-state index contributed by atoms with van der Waals surface area (Å²) in [5.74, 6) is 0.829. The predicted octanol–water partition coefficient (Wildman–Crippen LogP) is 4.62. The first-order chi connectivity index (χ1) is 14.7. The second-order valence-electron chi connectivity index (χ2n) is 8.34. The summed E-state index contributed by atoms with van der Waals surface area (Å²) in [5.41, 5.74) is 5.27. The van der Waals surface area contributed by atoms with Crippen LogP contribution in [0.2, 0.25) is 0 Å². The molecule has 0 radical (unpaired) electrons.